The maximum absolute atomic E-state index is 12.7. The number of fused-ring (bicyclic) bond motifs is 1. The first-order chi connectivity index (χ1) is 13.7. The molecule has 5 rings (SSSR count). The van der Waals surface area contributed by atoms with Crippen LogP contribution < -0.4 is 0 Å². The summed E-state index contributed by atoms with van der Waals surface area (Å²) in [6.45, 7) is 2.46. The average molecular weight is 376 g/mol. The van der Waals surface area contributed by atoms with Crippen LogP contribution in [0.15, 0.2) is 42.6 Å². The molecule has 0 radical (unpaired) electrons. The molecule has 8 heteroatoms. The van der Waals surface area contributed by atoms with Crippen molar-refractivity contribution in [2.45, 2.75) is 25.4 Å². The van der Waals surface area contributed by atoms with Gasteiger partial charge in [0.1, 0.15) is 11.4 Å². The maximum atomic E-state index is 12.7. The van der Waals surface area contributed by atoms with Crippen LogP contribution in [0.2, 0.25) is 0 Å². The molecule has 0 atom stereocenters. The van der Waals surface area contributed by atoms with Gasteiger partial charge in [-0.15, -0.1) is 5.10 Å². The molecule has 4 heterocycles. The third kappa shape index (κ3) is 3.00. The Hall–Kier alpha value is -3.29. The van der Waals surface area contributed by atoms with E-state index in [0.717, 1.165) is 29.6 Å². The number of rotatable bonds is 4. The number of amides is 2. The molecule has 8 nitrogen and oxygen atoms in total. The molecule has 28 heavy (non-hydrogen) atoms. The monoisotopic (exact) mass is 376 g/mol. The maximum Gasteiger partial charge on any atom is 0.272 e. The number of pyridine rings is 1. The number of carbonyl (C=O) groups excluding carboxylic acids is 2. The lowest BCUT2D eigenvalue weighted by atomic mass is 10.1. The zero-order valence-corrected chi connectivity index (χ0v) is 15.4. The van der Waals surface area contributed by atoms with E-state index < -0.39 is 0 Å². The van der Waals surface area contributed by atoms with Crippen molar-refractivity contribution in [3.63, 3.8) is 0 Å². The molecule has 2 saturated heterocycles. The second-order valence-corrected chi connectivity index (χ2v) is 7.36. The zero-order chi connectivity index (χ0) is 19.1. The molecular formula is C20H20N6O2. The Kier molecular flexibility index (Phi) is 4.03. The summed E-state index contributed by atoms with van der Waals surface area (Å²) in [5, 5.41) is 9.39. The predicted molar refractivity (Wildman–Crippen MR) is 101 cm³/mol. The lowest BCUT2D eigenvalue weighted by Crippen LogP contribution is -2.51. The Balaban J connectivity index is 1.22. The number of nitrogens with zero attached hydrogens (tertiary/aromatic N) is 6. The lowest BCUT2D eigenvalue weighted by molar-refractivity contribution is -0.128. The van der Waals surface area contributed by atoms with Crippen LogP contribution in [0.25, 0.3) is 10.9 Å². The second-order valence-electron chi connectivity index (χ2n) is 7.36. The molecule has 1 aromatic carbocycles. The first kappa shape index (κ1) is 16.9. The lowest BCUT2D eigenvalue weighted by Gasteiger charge is -2.38. The van der Waals surface area contributed by atoms with Crippen LogP contribution in [0.3, 0.4) is 0 Å². The number of aromatic nitrogens is 4. The molecule has 3 aromatic rings. The van der Waals surface area contributed by atoms with Crippen LogP contribution in [0, 0.1) is 0 Å². The fourth-order valence-corrected chi connectivity index (χ4v) is 3.77. The van der Waals surface area contributed by atoms with Crippen LogP contribution in [-0.4, -0.2) is 61.2 Å². The van der Waals surface area contributed by atoms with Gasteiger partial charge < -0.3 is 9.80 Å². The number of hydrogen-bond donors (Lipinski definition) is 0. The molecule has 0 aliphatic carbocycles. The highest BCUT2D eigenvalue weighted by molar-refractivity contribution is 5.95. The predicted octanol–water partition coefficient (Wildman–Crippen LogP) is 1.65. The molecule has 0 saturated carbocycles. The summed E-state index contributed by atoms with van der Waals surface area (Å²) in [6, 6.07) is 11.6. The quantitative estimate of drug-likeness (QED) is 0.691. The number of carbonyl (C=O) groups is 2. The Bertz CT molecular complexity index is 1060. The van der Waals surface area contributed by atoms with Crippen molar-refractivity contribution in [1.82, 2.24) is 29.8 Å². The Morgan fingerprint density at radius 2 is 2.00 bits per heavy atom. The summed E-state index contributed by atoms with van der Waals surface area (Å²) < 4.78 is 1.80. The van der Waals surface area contributed by atoms with Gasteiger partial charge in [0.05, 0.1) is 24.3 Å². The second kappa shape index (κ2) is 6.70. The van der Waals surface area contributed by atoms with E-state index in [4.69, 9.17) is 0 Å². The highest BCUT2D eigenvalue weighted by atomic mass is 16.2. The number of benzene rings is 1. The Morgan fingerprint density at radius 3 is 2.82 bits per heavy atom. The highest BCUT2D eigenvalue weighted by Gasteiger charge is 2.34. The van der Waals surface area contributed by atoms with Crippen molar-refractivity contribution in [3.05, 3.63) is 54.0 Å². The molecule has 142 valence electrons. The van der Waals surface area contributed by atoms with Crippen LogP contribution >= 0.6 is 0 Å². The van der Waals surface area contributed by atoms with Gasteiger partial charge >= 0.3 is 0 Å². The van der Waals surface area contributed by atoms with Gasteiger partial charge in [0.25, 0.3) is 5.91 Å². The standard InChI is InChI=1S/C20H20N6O2/c27-19-6-3-9-24(19)10-15-11-26(23-22-15)16-12-25(13-16)20(28)18-8-7-14-4-1-2-5-17(14)21-18/h1-2,4-5,7-8,11,16H,3,6,9-10,12-13H2. The first-order valence-electron chi connectivity index (χ1n) is 9.51. The molecule has 0 spiro atoms. The third-order valence-corrected chi connectivity index (χ3v) is 5.42. The number of para-hydroxylation sites is 1. The van der Waals surface area contributed by atoms with E-state index in [2.05, 4.69) is 15.3 Å². The van der Waals surface area contributed by atoms with Crippen LogP contribution in [0.4, 0.5) is 0 Å². The Morgan fingerprint density at radius 1 is 1.14 bits per heavy atom. The molecular weight excluding hydrogens is 356 g/mol. The zero-order valence-electron chi connectivity index (χ0n) is 15.4. The van der Waals surface area contributed by atoms with E-state index in [1.807, 2.05) is 41.4 Å². The topological polar surface area (TPSA) is 84.2 Å². The minimum atomic E-state index is -0.0648. The van der Waals surface area contributed by atoms with Gasteiger partial charge in [-0.1, -0.05) is 29.5 Å². The van der Waals surface area contributed by atoms with E-state index in [1.54, 1.807) is 15.6 Å². The normalized spacial score (nSPS) is 17.4. The first-order valence-corrected chi connectivity index (χ1v) is 9.51. The molecule has 2 aliphatic rings. The molecule has 0 bridgehead atoms. The largest absolute Gasteiger partial charge is 0.337 e. The number of hydrogen-bond acceptors (Lipinski definition) is 5. The van der Waals surface area contributed by atoms with Crippen LogP contribution in [0.1, 0.15) is 35.1 Å². The average Bonchev–Trinajstić information content (AvgIpc) is 3.30. The van der Waals surface area contributed by atoms with E-state index in [-0.39, 0.29) is 17.9 Å². The molecule has 0 N–H and O–H groups in total. The van der Waals surface area contributed by atoms with Gasteiger partial charge in [-0.2, -0.15) is 0 Å². The van der Waals surface area contributed by atoms with Crippen molar-refractivity contribution in [2.24, 2.45) is 0 Å². The SMILES string of the molecule is O=C1CCCN1Cc1cn(C2CN(C(=O)c3ccc4ccccc4n3)C2)nn1. The van der Waals surface area contributed by atoms with Crippen molar-refractivity contribution < 1.29 is 9.59 Å². The third-order valence-electron chi connectivity index (χ3n) is 5.42. The van der Waals surface area contributed by atoms with Crippen molar-refractivity contribution in [2.75, 3.05) is 19.6 Å². The molecule has 0 unspecified atom stereocenters. The van der Waals surface area contributed by atoms with Gasteiger partial charge in [-0.25, -0.2) is 9.67 Å². The summed E-state index contributed by atoms with van der Waals surface area (Å²) in [7, 11) is 0. The van der Waals surface area contributed by atoms with Gasteiger partial charge in [0.15, 0.2) is 0 Å². The smallest absolute Gasteiger partial charge is 0.272 e. The summed E-state index contributed by atoms with van der Waals surface area (Å²) in [4.78, 5) is 32.5. The summed E-state index contributed by atoms with van der Waals surface area (Å²) in [5.41, 5.74) is 2.07. The van der Waals surface area contributed by atoms with Crippen molar-refractivity contribution in [1.29, 1.82) is 0 Å². The van der Waals surface area contributed by atoms with Crippen LogP contribution in [0.5, 0.6) is 0 Å². The van der Waals surface area contributed by atoms with E-state index >= 15 is 0 Å². The van der Waals surface area contributed by atoms with E-state index in [1.165, 1.54) is 0 Å². The van der Waals surface area contributed by atoms with Gasteiger partial charge in [0, 0.05) is 31.4 Å². The minimum absolute atomic E-state index is 0.0648. The Labute approximate surface area is 161 Å². The van der Waals surface area contributed by atoms with E-state index in [9.17, 15) is 9.59 Å². The minimum Gasteiger partial charge on any atom is -0.337 e. The fraction of sp³-hybridized carbons (Fsp3) is 0.350. The van der Waals surface area contributed by atoms with Gasteiger partial charge in [0.2, 0.25) is 5.91 Å². The van der Waals surface area contributed by atoms with Gasteiger partial charge in [-0.3, -0.25) is 9.59 Å². The van der Waals surface area contributed by atoms with Crippen molar-refractivity contribution >= 4 is 22.7 Å². The number of likely N-dealkylation sites (tertiary alicyclic amines) is 2. The van der Waals surface area contributed by atoms with Gasteiger partial charge in [-0.05, 0) is 18.6 Å². The summed E-state index contributed by atoms with van der Waals surface area (Å²) in [5.74, 6) is 0.114. The molecule has 2 fully saturated rings. The van der Waals surface area contributed by atoms with E-state index in [0.29, 0.717) is 31.7 Å². The van der Waals surface area contributed by atoms with Crippen LogP contribution in [-0.2, 0) is 11.3 Å². The van der Waals surface area contributed by atoms with Crippen molar-refractivity contribution in [3.8, 4) is 0 Å². The highest BCUT2D eigenvalue weighted by Crippen LogP contribution is 2.23. The fourth-order valence-electron chi connectivity index (χ4n) is 3.77. The molecule has 2 aromatic heterocycles. The molecule has 2 aliphatic heterocycles. The summed E-state index contributed by atoms with van der Waals surface area (Å²) in [6.07, 6.45) is 3.42. The summed E-state index contributed by atoms with van der Waals surface area (Å²) >= 11 is 0. The molecule has 2 amide bonds.